The van der Waals surface area contributed by atoms with Gasteiger partial charge < -0.3 is 15.2 Å². The molecule has 0 amide bonds. The SMILES string of the molecule is CCOCC(O)CNCCc1cc(Cl)ccc1Cl. The van der Waals surface area contributed by atoms with Crippen LogP contribution in [0.3, 0.4) is 0 Å². The summed E-state index contributed by atoms with van der Waals surface area (Å²) in [7, 11) is 0. The van der Waals surface area contributed by atoms with Crippen molar-refractivity contribution in [1.29, 1.82) is 0 Å². The van der Waals surface area contributed by atoms with Gasteiger partial charge in [-0.05, 0) is 43.7 Å². The average Bonchev–Trinajstić information content (AvgIpc) is 2.36. The van der Waals surface area contributed by atoms with Gasteiger partial charge in [0.2, 0.25) is 0 Å². The van der Waals surface area contributed by atoms with Crippen molar-refractivity contribution in [3.8, 4) is 0 Å². The van der Waals surface area contributed by atoms with Gasteiger partial charge in [0.25, 0.3) is 0 Å². The normalized spacial score (nSPS) is 12.7. The van der Waals surface area contributed by atoms with Crippen molar-refractivity contribution in [2.75, 3.05) is 26.3 Å². The number of ether oxygens (including phenoxy) is 1. The third kappa shape index (κ3) is 6.03. The van der Waals surface area contributed by atoms with E-state index in [1.807, 2.05) is 13.0 Å². The second-order valence-corrected chi connectivity index (χ2v) is 4.85. The molecular formula is C13H19Cl2NO2. The zero-order valence-electron chi connectivity index (χ0n) is 10.5. The Labute approximate surface area is 118 Å². The Bertz CT molecular complexity index is 361. The standard InChI is InChI=1S/C13H19Cl2NO2/c1-2-18-9-12(17)8-16-6-5-10-7-11(14)3-4-13(10)15/h3-4,7,12,16-17H,2,5-6,8-9H2,1H3. The van der Waals surface area contributed by atoms with Crippen molar-refractivity contribution in [1.82, 2.24) is 5.32 Å². The molecule has 1 atom stereocenters. The predicted octanol–water partition coefficient (Wildman–Crippen LogP) is 2.52. The predicted molar refractivity (Wildman–Crippen MR) is 75.5 cm³/mol. The maximum absolute atomic E-state index is 9.54. The second-order valence-electron chi connectivity index (χ2n) is 4.00. The fraction of sp³-hybridized carbons (Fsp3) is 0.538. The van der Waals surface area contributed by atoms with Gasteiger partial charge in [0.05, 0.1) is 12.7 Å². The highest BCUT2D eigenvalue weighted by molar-refractivity contribution is 6.33. The lowest BCUT2D eigenvalue weighted by Crippen LogP contribution is -2.31. The fourth-order valence-corrected chi connectivity index (χ4v) is 1.95. The highest BCUT2D eigenvalue weighted by Gasteiger charge is 2.04. The third-order valence-corrected chi connectivity index (χ3v) is 3.08. The van der Waals surface area contributed by atoms with Gasteiger partial charge in [0, 0.05) is 23.2 Å². The summed E-state index contributed by atoms with van der Waals surface area (Å²) < 4.78 is 5.12. The first-order valence-electron chi connectivity index (χ1n) is 6.04. The first kappa shape index (κ1) is 15.7. The first-order chi connectivity index (χ1) is 8.63. The summed E-state index contributed by atoms with van der Waals surface area (Å²) in [4.78, 5) is 0. The maximum atomic E-state index is 9.54. The lowest BCUT2D eigenvalue weighted by Gasteiger charge is -2.12. The van der Waals surface area contributed by atoms with Crippen LogP contribution in [0, 0.1) is 0 Å². The van der Waals surface area contributed by atoms with Gasteiger partial charge in [-0.25, -0.2) is 0 Å². The minimum atomic E-state index is -0.472. The van der Waals surface area contributed by atoms with Gasteiger partial charge in [0.15, 0.2) is 0 Å². The highest BCUT2D eigenvalue weighted by atomic mass is 35.5. The molecule has 0 fully saturated rings. The Hall–Kier alpha value is -0.320. The maximum Gasteiger partial charge on any atom is 0.0897 e. The Morgan fingerprint density at radius 2 is 2.17 bits per heavy atom. The van der Waals surface area contributed by atoms with Gasteiger partial charge in [-0.1, -0.05) is 23.2 Å². The first-order valence-corrected chi connectivity index (χ1v) is 6.79. The van der Waals surface area contributed by atoms with Crippen molar-refractivity contribution in [3.05, 3.63) is 33.8 Å². The van der Waals surface area contributed by atoms with Crippen molar-refractivity contribution in [3.63, 3.8) is 0 Å². The van der Waals surface area contributed by atoms with Crippen LogP contribution < -0.4 is 5.32 Å². The van der Waals surface area contributed by atoms with Gasteiger partial charge >= 0.3 is 0 Å². The van der Waals surface area contributed by atoms with Crippen LogP contribution in [-0.2, 0) is 11.2 Å². The summed E-state index contributed by atoms with van der Waals surface area (Å²) in [6, 6.07) is 5.43. The van der Waals surface area contributed by atoms with Crippen LogP contribution >= 0.6 is 23.2 Å². The number of hydrogen-bond donors (Lipinski definition) is 2. The molecule has 0 saturated heterocycles. The zero-order valence-corrected chi connectivity index (χ0v) is 12.0. The quantitative estimate of drug-likeness (QED) is 0.723. The molecule has 0 spiro atoms. The van der Waals surface area contributed by atoms with E-state index in [9.17, 15) is 5.11 Å². The summed E-state index contributed by atoms with van der Waals surface area (Å²) >= 11 is 12.0. The van der Waals surface area contributed by atoms with Crippen LogP contribution in [0.4, 0.5) is 0 Å². The van der Waals surface area contributed by atoms with Crippen LogP contribution in [0.2, 0.25) is 10.0 Å². The molecule has 5 heteroatoms. The van der Waals surface area contributed by atoms with E-state index in [0.717, 1.165) is 23.6 Å². The van der Waals surface area contributed by atoms with Crippen molar-refractivity contribution in [2.45, 2.75) is 19.4 Å². The van der Waals surface area contributed by atoms with Crippen LogP contribution in [0.1, 0.15) is 12.5 Å². The monoisotopic (exact) mass is 291 g/mol. The zero-order chi connectivity index (χ0) is 13.4. The fourth-order valence-electron chi connectivity index (χ4n) is 1.54. The van der Waals surface area contributed by atoms with E-state index in [-0.39, 0.29) is 0 Å². The number of hydrogen-bond acceptors (Lipinski definition) is 3. The lowest BCUT2D eigenvalue weighted by atomic mass is 10.1. The van der Waals surface area contributed by atoms with E-state index < -0.39 is 6.10 Å². The van der Waals surface area contributed by atoms with Crippen LogP contribution in [0.15, 0.2) is 18.2 Å². The molecular weight excluding hydrogens is 273 g/mol. The number of aliphatic hydroxyl groups is 1. The number of nitrogens with one attached hydrogen (secondary N) is 1. The van der Waals surface area contributed by atoms with E-state index >= 15 is 0 Å². The Balaban J connectivity index is 2.23. The molecule has 0 aliphatic carbocycles. The van der Waals surface area contributed by atoms with Crippen molar-refractivity contribution in [2.24, 2.45) is 0 Å². The average molecular weight is 292 g/mol. The molecule has 1 unspecified atom stereocenters. The Morgan fingerprint density at radius 1 is 1.39 bits per heavy atom. The molecule has 0 aromatic heterocycles. The largest absolute Gasteiger partial charge is 0.389 e. The Kier molecular flexibility index (Phi) is 7.63. The van der Waals surface area contributed by atoms with E-state index in [1.54, 1.807) is 12.1 Å². The van der Waals surface area contributed by atoms with Crippen LogP contribution in [0.25, 0.3) is 0 Å². The van der Waals surface area contributed by atoms with Crippen LogP contribution in [0.5, 0.6) is 0 Å². The molecule has 0 bridgehead atoms. The molecule has 0 heterocycles. The number of rotatable bonds is 8. The molecule has 1 aromatic carbocycles. The number of aliphatic hydroxyl groups excluding tert-OH is 1. The van der Waals surface area contributed by atoms with E-state index in [1.165, 1.54) is 0 Å². The minimum Gasteiger partial charge on any atom is -0.389 e. The summed E-state index contributed by atoms with van der Waals surface area (Å²) in [6.07, 6.45) is 0.306. The molecule has 2 N–H and O–H groups in total. The number of halogens is 2. The van der Waals surface area contributed by atoms with E-state index in [0.29, 0.717) is 24.8 Å². The van der Waals surface area contributed by atoms with Crippen molar-refractivity contribution < 1.29 is 9.84 Å². The van der Waals surface area contributed by atoms with E-state index in [4.69, 9.17) is 27.9 Å². The second kappa shape index (κ2) is 8.73. The summed E-state index contributed by atoms with van der Waals surface area (Å²) in [5.41, 5.74) is 1.01. The van der Waals surface area contributed by atoms with Gasteiger partial charge in [0.1, 0.15) is 0 Å². The molecule has 18 heavy (non-hydrogen) atoms. The smallest absolute Gasteiger partial charge is 0.0897 e. The Morgan fingerprint density at radius 3 is 2.89 bits per heavy atom. The van der Waals surface area contributed by atoms with Crippen LogP contribution in [-0.4, -0.2) is 37.5 Å². The minimum absolute atomic E-state index is 0.363. The van der Waals surface area contributed by atoms with Gasteiger partial charge in [-0.3, -0.25) is 0 Å². The molecule has 1 aromatic rings. The molecule has 3 nitrogen and oxygen atoms in total. The third-order valence-electron chi connectivity index (χ3n) is 2.47. The molecule has 0 radical (unpaired) electrons. The molecule has 0 aliphatic heterocycles. The summed E-state index contributed by atoms with van der Waals surface area (Å²) in [5.74, 6) is 0. The van der Waals surface area contributed by atoms with E-state index in [2.05, 4.69) is 5.32 Å². The molecule has 102 valence electrons. The summed E-state index contributed by atoms with van der Waals surface area (Å²) in [6.45, 7) is 4.14. The number of benzene rings is 1. The molecule has 1 rings (SSSR count). The molecule has 0 aliphatic rings. The van der Waals surface area contributed by atoms with Crippen molar-refractivity contribution >= 4 is 23.2 Å². The summed E-state index contributed by atoms with van der Waals surface area (Å²) in [5, 5.41) is 14.1. The van der Waals surface area contributed by atoms with Gasteiger partial charge in [-0.15, -0.1) is 0 Å². The lowest BCUT2D eigenvalue weighted by molar-refractivity contribution is 0.0430. The molecule has 0 saturated carbocycles. The highest BCUT2D eigenvalue weighted by Crippen LogP contribution is 2.20. The van der Waals surface area contributed by atoms with Gasteiger partial charge in [-0.2, -0.15) is 0 Å². The topological polar surface area (TPSA) is 41.5 Å².